The highest BCUT2D eigenvalue weighted by atomic mass is 19.1. The normalized spacial score (nSPS) is 10.0. The SMILES string of the molecule is COc1cc(C=O)cc(OC)c1OCc1cccc(F)c1. The summed E-state index contributed by atoms with van der Waals surface area (Å²) in [5.41, 5.74) is 1.10. The van der Waals surface area contributed by atoms with Crippen molar-refractivity contribution in [3.8, 4) is 17.2 Å². The third-order valence-electron chi connectivity index (χ3n) is 2.89. The topological polar surface area (TPSA) is 44.8 Å². The number of halogens is 1. The number of ether oxygens (including phenoxy) is 3. The van der Waals surface area contributed by atoms with E-state index in [0.717, 1.165) is 0 Å². The molecule has 0 aliphatic rings. The second-order valence-electron chi connectivity index (χ2n) is 4.29. The Morgan fingerprint density at radius 3 is 2.29 bits per heavy atom. The molecule has 0 radical (unpaired) electrons. The maximum atomic E-state index is 13.1. The third-order valence-corrected chi connectivity index (χ3v) is 2.89. The van der Waals surface area contributed by atoms with Crippen LogP contribution in [-0.4, -0.2) is 20.5 Å². The van der Waals surface area contributed by atoms with Crippen molar-refractivity contribution < 1.29 is 23.4 Å². The summed E-state index contributed by atoms with van der Waals surface area (Å²) in [5.74, 6) is 0.807. The van der Waals surface area contributed by atoms with Crippen molar-refractivity contribution in [2.75, 3.05) is 14.2 Å². The van der Waals surface area contributed by atoms with Crippen molar-refractivity contribution in [2.45, 2.75) is 6.61 Å². The van der Waals surface area contributed by atoms with Gasteiger partial charge in [-0.15, -0.1) is 0 Å². The molecular weight excluding hydrogens is 275 g/mol. The Morgan fingerprint density at radius 2 is 1.76 bits per heavy atom. The zero-order valence-electron chi connectivity index (χ0n) is 11.8. The minimum atomic E-state index is -0.327. The van der Waals surface area contributed by atoms with Crippen LogP contribution in [0.25, 0.3) is 0 Å². The van der Waals surface area contributed by atoms with Crippen LogP contribution in [0.3, 0.4) is 0 Å². The standard InChI is InChI=1S/C16H15FO4/c1-19-14-7-12(9-18)8-15(20-2)16(14)21-10-11-4-3-5-13(17)6-11/h3-9H,10H2,1-2H3. The van der Waals surface area contributed by atoms with Crippen LogP contribution in [0.2, 0.25) is 0 Å². The van der Waals surface area contributed by atoms with Gasteiger partial charge in [-0.05, 0) is 29.8 Å². The predicted octanol–water partition coefficient (Wildman–Crippen LogP) is 3.23. The van der Waals surface area contributed by atoms with Gasteiger partial charge in [0.1, 0.15) is 18.7 Å². The van der Waals surface area contributed by atoms with E-state index in [1.165, 1.54) is 26.4 Å². The highest BCUT2D eigenvalue weighted by molar-refractivity contribution is 5.78. The Hall–Kier alpha value is -2.56. The summed E-state index contributed by atoms with van der Waals surface area (Å²) in [6.07, 6.45) is 0.696. The minimum absolute atomic E-state index is 0.158. The molecule has 5 heteroatoms. The largest absolute Gasteiger partial charge is 0.493 e. The number of hydrogen-bond donors (Lipinski definition) is 0. The molecule has 110 valence electrons. The first kappa shape index (κ1) is 14.8. The molecule has 0 saturated carbocycles. The van der Waals surface area contributed by atoms with Gasteiger partial charge in [-0.1, -0.05) is 12.1 Å². The molecule has 0 N–H and O–H groups in total. The van der Waals surface area contributed by atoms with E-state index in [-0.39, 0.29) is 12.4 Å². The second-order valence-corrected chi connectivity index (χ2v) is 4.29. The monoisotopic (exact) mass is 290 g/mol. The van der Waals surface area contributed by atoms with E-state index in [1.807, 2.05) is 0 Å². The fourth-order valence-corrected chi connectivity index (χ4v) is 1.89. The number of carbonyl (C=O) groups is 1. The van der Waals surface area contributed by atoms with Gasteiger partial charge >= 0.3 is 0 Å². The second kappa shape index (κ2) is 6.74. The van der Waals surface area contributed by atoms with Crippen molar-refractivity contribution in [3.63, 3.8) is 0 Å². The van der Waals surface area contributed by atoms with Gasteiger partial charge in [0.2, 0.25) is 5.75 Å². The Morgan fingerprint density at radius 1 is 1.10 bits per heavy atom. The number of methoxy groups -OCH3 is 2. The summed E-state index contributed by atoms with van der Waals surface area (Å²) >= 11 is 0. The van der Waals surface area contributed by atoms with Gasteiger partial charge < -0.3 is 14.2 Å². The van der Waals surface area contributed by atoms with Gasteiger partial charge in [0.25, 0.3) is 0 Å². The van der Waals surface area contributed by atoms with E-state index in [2.05, 4.69) is 0 Å². The van der Waals surface area contributed by atoms with Gasteiger partial charge in [0.15, 0.2) is 11.5 Å². The molecule has 0 aromatic heterocycles. The molecule has 0 aliphatic heterocycles. The quantitative estimate of drug-likeness (QED) is 0.766. The van der Waals surface area contributed by atoms with E-state index in [1.54, 1.807) is 24.3 Å². The Bertz CT molecular complexity index is 615. The maximum absolute atomic E-state index is 13.1. The molecule has 0 heterocycles. The van der Waals surface area contributed by atoms with Crippen LogP contribution in [0.1, 0.15) is 15.9 Å². The lowest BCUT2D eigenvalue weighted by Crippen LogP contribution is -2.01. The third kappa shape index (κ3) is 3.51. The van der Waals surface area contributed by atoms with Crippen LogP contribution in [0.4, 0.5) is 4.39 Å². The minimum Gasteiger partial charge on any atom is -0.493 e. The zero-order chi connectivity index (χ0) is 15.2. The van der Waals surface area contributed by atoms with Crippen LogP contribution >= 0.6 is 0 Å². The first-order valence-electron chi connectivity index (χ1n) is 6.26. The highest BCUT2D eigenvalue weighted by Gasteiger charge is 2.14. The van der Waals surface area contributed by atoms with Crippen molar-refractivity contribution in [2.24, 2.45) is 0 Å². The zero-order valence-corrected chi connectivity index (χ0v) is 11.8. The van der Waals surface area contributed by atoms with Crippen LogP contribution < -0.4 is 14.2 Å². The summed E-state index contributed by atoms with van der Waals surface area (Å²) in [5, 5.41) is 0. The van der Waals surface area contributed by atoms with E-state index < -0.39 is 0 Å². The molecule has 0 amide bonds. The summed E-state index contributed by atoms with van der Waals surface area (Å²) in [4.78, 5) is 10.9. The van der Waals surface area contributed by atoms with Crippen LogP contribution in [0, 0.1) is 5.82 Å². The van der Waals surface area contributed by atoms with Gasteiger partial charge in [0, 0.05) is 5.56 Å². The molecule has 0 unspecified atom stereocenters. The van der Waals surface area contributed by atoms with Crippen LogP contribution in [0.15, 0.2) is 36.4 Å². The van der Waals surface area contributed by atoms with E-state index in [9.17, 15) is 9.18 Å². The predicted molar refractivity (Wildman–Crippen MR) is 75.7 cm³/mol. The summed E-state index contributed by atoms with van der Waals surface area (Å²) in [6, 6.07) is 9.22. The maximum Gasteiger partial charge on any atom is 0.203 e. The molecular formula is C16H15FO4. The van der Waals surface area contributed by atoms with Crippen molar-refractivity contribution in [1.29, 1.82) is 0 Å². The average molecular weight is 290 g/mol. The number of rotatable bonds is 6. The smallest absolute Gasteiger partial charge is 0.203 e. The summed E-state index contributed by atoms with van der Waals surface area (Å²) in [6.45, 7) is 0.158. The molecule has 0 fully saturated rings. The molecule has 4 nitrogen and oxygen atoms in total. The van der Waals surface area contributed by atoms with Gasteiger partial charge in [-0.3, -0.25) is 4.79 Å². The molecule has 0 bridgehead atoms. The highest BCUT2D eigenvalue weighted by Crippen LogP contribution is 2.38. The van der Waals surface area contributed by atoms with E-state index in [4.69, 9.17) is 14.2 Å². The molecule has 2 aromatic rings. The molecule has 21 heavy (non-hydrogen) atoms. The van der Waals surface area contributed by atoms with Crippen LogP contribution in [-0.2, 0) is 6.61 Å². The number of carbonyl (C=O) groups excluding carboxylic acids is 1. The number of hydrogen-bond acceptors (Lipinski definition) is 4. The molecule has 2 rings (SSSR count). The Labute approximate surface area is 122 Å². The summed E-state index contributed by atoms with van der Waals surface area (Å²) in [7, 11) is 2.94. The lowest BCUT2D eigenvalue weighted by atomic mass is 10.2. The number of aldehydes is 1. The Balaban J connectivity index is 2.28. The fourth-order valence-electron chi connectivity index (χ4n) is 1.89. The Kier molecular flexibility index (Phi) is 4.77. The molecule has 0 aliphatic carbocycles. The van der Waals surface area contributed by atoms with Crippen molar-refractivity contribution in [1.82, 2.24) is 0 Å². The summed E-state index contributed by atoms with van der Waals surface area (Å²) < 4.78 is 29.2. The van der Waals surface area contributed by atoms with E-state index in [0.29, 0.717) is 34.7 Å². The molecule has 0 atom stereocenters. The average Bonchev–Trinajstić information content (AvgIpc) is 2.52. The van der Waals surface area contributed by atoms with Gasteiger partial charge in [0.05, 0.1) is 14.2 Å². The molecule has 0 saturated heterocycles. The first-order chi connectivity index (χ1) is 10.2. The van der Waals surface area contributed by atoms with Gasteiger partial charge in [-0.2, -0.15) is 0 Å². The van der Waals surface area contributed by atoms with E-state index >= 15 is 0 Å². The van der Waals surface area contributed by atoms with Crippen LogP contribution in [0.5, 0.6) is 17.2 Å². The fraction of sp³-hybridized carbons (Fsp3) is 0.188. The number of benzene rings is 2. The van der Waals surface area contributed by atoms with Crippen molar-refractivity contribution >= 4 is 6.29 Å². The lowest BCUT2D eigenvalue weighted by Gasteiger charge is -2.15. The lowest BCUT2D eigenvalue weighted by molar-refractivity contribution is 0.112. The van der Waals surface area contributed by atoms with Gasteiger partial charge in [-0.25, -0.2) is 4.39 Å². The first-order valence-corrected chi connectivity index (χ1v) is 6.26. The van der Waals surface area contributed by atoms with Crippen molar-refractivity contribution in [3.05, 3.63) is 53.3 Å². The molecule has 2 aromatic carbocycles. The molecule has 0 spiro atoms.